The molecule has 2 aromatic carbocycles. The fourth-order valence-corrected chi connectivity index (χ4v) is 5.92. The molecule has 0 saturated carbocycles. The number of ketones is 1. The maximum atomic E-state index is 13.6. The number of hydrogen-bond donors (Lipinski definition) is 1. The summed E-state index contributed by atoms with van der Waals surface area (Å²) in [7, 11) is 2.07. The number of Topliss-reactive ketones (excluding diaryl/α,β-unsaturated/α-hetero) is 1. The van der Waals surface area contributed by atoms with E-state index in [2.05, 4.69) is 52.2 Å². The van der Waals surface area contributed by atoms with E-state index in [0.29, 0.717) is 17.9 Å². The van der Waals surface area contributed by atoms with Crippen LogP contribution >= 0.6 is 0 Å². The fraction of sp³-hybridized carbons (Fsp3) is 0.303. The van der Waals surface area contributed by atoms with Crippen LogP contribution in [0.4, 0.5) is 17.2 Å². The fourth-order valence-electron chi connectivity index (χ4n) is 5.92. The van der Waals surface area contributed by atoms with Crippen LogP contribution in [0.25, 0.3) is 11.1 Å². The Labute approximate surface area is 241 Å². The molecule has 0 atom stereocenters. The molecule has 0 radical (unpaired) electrons. The van der Waals surface area contributed by atoms with Crippen LogP contribution in [0.3, 0.4) is 0 Å². The van der Waals surface area contributed by atoms with E-state index in [4.69, 9.17) is 4.98 Å². The predicted octanol–water partition coefficient (Wildman–Crippen LogP) is 4.76. The molecule has 1 saturated heterocycles. The highest BCUT2D eigenvalue weighted by Crippen LogP contribution is 2.31. The normalized spacial score (nSPS) is 15.5. The van der Waals surface area contributed by atoms with E-state index in [1.54, 1.807) is 0 Å². The van der Waals surface area contributed by atoms with Gasteiger partial charge in [0.1, 0.15) is 11.5 Å². The molecule has 4 heterocycles. The van der Waals surface area contributed by atoms with Gasteiger partial charge in [-0.1, -0.05) is 30.3 Å². The Kier molecular flexibility index (Phi) is 7.32. The predicted molar refractivity (Wildman–Crippen MR) is 164 cm³/mol. The number of hydrogen-bond acceptors (Lipinski definition) is 6. The van der Waals surface area contributed by atoms with E-state index >= 15 is 0 Å². The van der Waals surface area contributed by atoms with Gasteiger partial charge in [-0.25, -0.2) is 4.98 Å². The number of pyridine rings is 1. The standard InChI is InChI=1S/C33H36N6O2/c1-23-19-24(2)34-30(20-23)38-16-14-37(15-17-38)27-11-9-26(10-12-27)35-33(41)32(40)31-29(25-7-5-4-6-8-25)21-28-22-36(3)13-18-39(28)31/h4-12,19-21H,13-18,22H2,1-3H3,(H,35,41). The molecule has 1 N–H and O–H groups in total. The zero-order valence-electron chi connectivity index (χ0n) is 23.9. The molecule has 2 aliphatic heterocycles. The number of piperazine rings is 1. The molecule has 4 aromatic rings. The molecule has 6 rings (SSSR count). The molecule has 1 amide bonds. The molecule has 0 bridgehead atoms. The maximum Gasteiger partial charge on any atom is 0.298 e. The van der Waals surface area contributed by atoms with Crippen molar-refractivity contribution in [3.8, 4) is 11.1 Å². The van der Waals surface area contributed by atoms with Crippen molar-refractivity contribution in [2.24, 2.45) is 0 Å². The summed E-state index contributed by atoms with van der Waals surface area (Å²) in [6, 6.07) is 23.9. The average Bonchev–Trinajstić information content (AvgIpc) is 3.35. The number of aromatic nitrogens is 2. The van der Waals surface area contributed by atoms with Gasteiger partial charge in [-0.05, 0) is 74.5 Å². The van der Waals surface area contributed by atoms with Crippen molar-refractivity contribution in [1.82, 2.24) is 14.5 Å². The highest BCUT2D eigenvalue weighted by atomic mass is 16.2. The summed E-state index contributed by atoms with van der Waals surface area (Å²) in [4.78, 5) is 38.4. The van der Waals surface area contributed by atoms with Gasteiger partial charge in [0.2, 0.25) is 0 Å². The molecule has 8 heteroatoms. The molecule has 8 nitrogen and oxygen atoms in total. The lowest BCUT2D eigenvalue weighted by Crippen LogP contribution is -2.46. The Morgan fingerprint density at radius 1 is 0.805 bits per heavy atom. The van der Waals surface area contributed by atoms with Gasteiger partial charge in [0.05, 0.1) is 0 Å². The molecule has 0 spiro atoms. The first-order valence-corrected chi connectivity index (χ1v) is 14.2. The van der Waals surface area contributed by atoms with E-state index in [9.17, 15) is 9.59 Å². The van der Waals surface area contributed by atoms with Crippen LogP contribution in [0.15, 0.2) is 72.8 Å². The lowest BCUT2D eigenvalue weighted by Gasteiger charge is -2.37. The lowest BCUT2D eigenvalue weighted by molar-refractivity contribution is -0.112. The van der Waals surface area contributed by atoms with Crippen LogP contribution in [0.2, 0.25) is 0 Å². The molecule has 1 fully saturated rings. The number of rotatable bonds is 6. The SMILES string of the molecule is Cc1cc(C)nc(N2CCN(c3ccc(NC(=O)C(=O)c4c(-c5ccccc5)cc5n4CCN(C)C5)cc3)CC2)c1. The summed E-state index contributed by atoms with van der Waals surface area (Å²) in [5.74, 6) is -0.0965. The van der Waals surface area contributed by atoms with Crippen LogP contribution < -0.4 is 15.1 Å². The number of likely N-dealkylation sites (N-methyl/N-ethyl adjacent to an activating group) is 1. The molecular weight excluding hydrogens is 512 g/mol. The summed E-state index contributed by atoms with van der Waals surface area (Å²) in [6.45, 7) is 9.94. The largest absolute Gasteiger partial charge is 0.368 e. The number of carbonyl (C=O) groups is 2. The number of amides is 1. The highest BCUT2D eigenvalue weighted by Gasteiger charge is 2.29. The minimum absolute atomic E-state index is 0.463. The molecule has 2 aromatic heterocycles. The van der Waals surface area contributed by atoms with Gasteiger partial charge in [0.25, 0.3) is 11.7 Å². The molecule has 210 valence electrons. The third-order valence-corrected chi connectivity index (χ3v) is 8.00. The van der Waals surface area contributed by atoms with Crippen molar-refractivity contribution in [2.75, 3.05) is 54.9 Å². The van der Waals surface area contributed by atoms with Crippen LogP contribution in [0.5, 0.6) is 0 Å². The zero-order valence-corrected chi connectivity index (χ0v) is 23.9. The highest BCUT2D eigenvalue weighted by molar-refractivity contribution is 6.47. The van der Waals surface area contributed by atoms with E-state index in [1.807, 2.05) is 66.1 Å². The summed E-state index contributed by atoms with van der Waals surface area (Å²) in [5.41, 5.74) is 7.23. The van der Waals surface area contributed by atoms with Gasteiger partial charge in [0.15, 0.2) is 0 Å². The maximum absolute atomic E-state index is 13.6. The van der Waals surface area contributed by atoms with E-state index in [0.717, 1.165) is 73.3 Å². The monoisotopic (exact) mass is 548 g/mol. The van der Waals surface area contributed by atoms with Gasteiger partial charge in [-0.2, -0.15) is 0 Å². The Hall–Kier alpha value is -4.43. The molecular formula is C33H36N6O2. The minimum Gasteiger partial charge on any atom is -0.368 e. The second-order valence-electron chi connectivity index (χ2n) is 11.1. The topological polar surface area (TPSA) is 73.7 Å². The lowest BCUT2D eigenvalue weighted by atomic mass is 10.0. The number of aryl methyl sites for hydroxylation is 2. The van der Waals surface area contributed by atoms with Crippen molar-refractivity contribution in [3.63, 3.8) is 0 Å². The van der Waals surface area contributed by atoms with Crippen molar-refractivity contribution in [3.05, 3.63) is 95.4 Å². The average molecular weight is 549 g/mol. The van der Waals surface area contributed by atoms with Gasteiger partial charge in [0, 0.05) is 74.1 Å². The number of benzene rings is 2. The first kappa shape index (κ1) is 26.8. The Bertz CT molecular complexity index is 1550. The molecule has 0 aliphatic carbocycles. The van der Waals surface area contributed by atoms with Gasteiger partial charge >= 0.3 is 0 Å². The first-order chi connectivity index (χ1) is 19.9. The summed E-state index contributed by atoms with van der Waals surface area (Å²) >= 11 is 0. The van der Waals surface area contributed by atoms with Gasteiger partial charge < -0.3 is 19.7 Å². The van der Waals surface area contributed by atoms with Crippen LogP contribution in [0, 0.1) is 13.8 Å². The minimum atomic E-state index is -0.621. The van der Waals surface area contributed by atoms with Gasteiger partial charge in [-0.3, -0.25) is 14.5 Å². The van der Waals surface area contributed by atoms with Crippen molar-refractivity contribution in [2.45, 2.75) is 26.9 Å². The third kappa shape index (κ3) is 5.60. The van der Waals surface area contributed by atoms with Crippen LogP contribution in [0.1, 0.15) is 27.4 Å². The van der Waals surface area contributed by atoms with Crippen molar-refractivity contribution < 1.29 is 9.59 Å². The number of nitrogens with one attached hydrogen (secondary N) is 1. The third-order valence-electron chi connectivity index (χ3n) is 8.00. The summed E-state index contributed by atoms with van der Waals surface area (Å²) in [5, 5.41) is 2.85. The summed E-state index contributed by atoms with van der Waals surface area (Å²) in [6.07, 6.45) is 0. The number of fused-ring (bicyclic) bond motifs is 1. The van der Waals surface area contributed by atoms with Crippen molar-refractivity contribution >= 4 is 28.9 Å². The first-order valence-electron chi connectivity index (χ1n) is 14.2. The number of nitrogens with zero attached hydrogens (tertiary/aromatic N) is 5. The molecule has 2 aliphatic rings. The summed E-state index contributed by atoms with van der Waals surface area (Å²) < 4.78 is 2.01. The Morgan fingerprint density at radius 2 is 1.51 bits per heavy atom. The Morgan fingerprint density at radius 3 is 2.22 bits per heavy atom. The zero-order chi connectivity index (χ0) is 28.5. The van der Waals surface area contributed by atoms with E-state index < -0.39 is 11.7 Å². The van der Waals surface area contributed by atoms with Gasteiger partial charge in [-0.15, -0.1) is 0 Å². The second-order valence-corrected chi connectivity index (χ2v) is 11.1. The number of anilines is 3. The quantitative estimate of drug-likeness (QED) is 0.277. The van der Waals surface area contributed by atoms with Crippen LogP contribution in [-0.4, -0.2) is 65.9 Å². The smallest absolute Gasteiger partial charge is 0.298 e. The van der Waals surface area contributed by atoms with Crippen LogP contribution in [-0.2, 0) is 17.9 Å². The second kappa shape index (κ2) is 11.2. The van der Waals surface area contributed by atoms with E-state index in [-0.39, 0.29) is 0 Å². The Balaban J connectivity index is 1.14. The molecule has 41 heavy (non-hydrogen) atoms. The van der Waals surface area contributed by atoms with E-state index in [1.165, 1.54) is 5.56 Å². The van der Waals surface area contributed by atoms with Crippen molar-refractivity contribution in [1.29, 1.82) is 0 Å². The number of carbonyl (C=O) groups excluding carboxylic acids is 2. The molecule has 0 unspecified atom stereocenters.